The number of hydrogen-bond donors (Lipinski definition) is 2. The van der Waals surface area contributed by atoms with Crippen LogP contribution in [0.2, 0.25) is 10.0 Å². The average molecular weight is 286 g/mol. The van der Waals surface area contributed by atoms with Gasteiger partial charge in [-0.3, -0.25) is 16.0 Å². The number of nitrogens with zero attached hydrogens (tertiary/aromatic N) is 3. The van der Waals surface area contributed by atoms with Gasteiger partial charge in [-0.15, -0.1) is 5.10 Å². The molecule has 7 heteroatoms. The summed E-state index contributed by atoms with van der Waals surface area (Å²) in [5, 5.41) is 8.91. The third kappa shape index (κ3) is 2.81. The van der Waals surface area contributed by atoms with Gasteiger partial charge in [-0.2, -0.15) is 0 Å². The number of benzene rings is 1. The molecule has 1 atom stereocenters. The standard InChI is InChI=1S/C11H13Cl2N5/c1-18-6-7(16-17-18)5-10(15-14)8-3-2-4-9(12)11(8)13/h2-4,6,10,15H,5,14H2,1H3. The van der Waals surface area contributed by atoms with Crippen molar-refractivity contribution in [2.75, 3.05) is 0 Å². The molecule has 96 valence electrons. The molecule has 2 rings (SSSR count). The van der Waals surface area contributed by atoms with Gasteiger partial charge in [0.1, 0.15) is 0 Å². The van der Waals surface area contributed by atoms with E-state index in [0.717, 1.165) is 11.3 Å². The van der Waals surface area contributed by atoms with Gasteiger partial charge in [-0.25, -0.2) is 0 Å². The Labute approximate surface area is 115 Å². The maximum Gasteiger partial charge on any atom is 0.0846 e. The highest BCUT2D eigenvalue weighted by Gasteiger charge is 2.17. The SMILES string of the molecule is Cn1cc(CC(NN)c2cccc(Cl)c2Cl)nn1. The molecule has 0 bridgehead atoms. The van der Waals surface area contributed by atoms with E-state index in [1.54, 1.807) is 10.7 Å². The minimum absolute atomic E-state index is 0.159. The summed E-state index contributed by atoms with van der Waals surface area (Å²) in [6.45, 7) is 0. The van der Waals surface area contributed by atoms with Crippen molar-refractivity contribution in [1.82, 2.24) is 20.4 Å². The Bertz CT molecular complexity index is 540. The number of aromatic nitrogens is 3. The molecule has 0 fully saturated rings. The van der Waals surface area contributed by atoms with E-state index in [0.29, 0.717) is 16.5 Å². The van der Waals surface area contributed by atoms with Gasteiger partial charge in [0.05, 0.1) is 21.8 Å². The first-order valence-corrected chi connectivity index (χ1v) is 6.12. The predicted molar refractivity (Wildman–Crippen MR) is 71.2 cm³/mol. The van der Waals surface area contributed by atoms with Gasteiger partial charge in [0.25, 0.3) is 0 Å². The van der Waals surface area contributed by atoms with E-state index in [4.69, 9.17) is 29.0 Å². The molecule has 0 aliphatic carbocycles. The Hall–Kier alpha value is -1.14. The summed E-state index contributed by atoms with van der Waals surface area (Å²) >= 11 is 12.2. The second-order valence-corrected chi connectivity index (χ2v) is 4.74. The second kappa shape index (κ2) is 5.67. The first-order valence-electron chi connectivity index (χ1n) is 5.37. The zero-order valence-corrected chi connectivity index (χ0v) is 11.3. The zero-order chi connectivity index (χ0) is 13.1. The van der Waals surface area contributed by atoms with Crippen molar-refractivity contribution in [3.05, 3.63) is 45.7 Å². The zero-order valence-electron chi connectivity index (χ0n) is 9.77. The molecular formula is C11H13Cl2N5. The van der Waals surface area contributed by atoms with Crippen LogP contribution >= 0.6 is 23.2 Å². The fourth-order valence-corrected chi connectivity index (χ4v) is 2.19. The third-order valence-electron chi connectivity index (χ3n) is 2.62. The van der Waals surface area contributed by atoms with E-state index in [-0.39, 0.29) is 6.04 Å². The predicted octanol–water partition coefficient (Wildman–Crippen LogP) is 1.87. The molecule has 18 heavy (non-hydrogen) atoms. The smallest absolute Gasteiger partial charge is 0.0846 e. The molecule has 3 N–H and O–H groups in total. The Morgan fingerprint density at radius 3 is 2.83 bits per heavy atom. The molecule has 1 unspecified atom stereocenters. The first-order chi connectivity index (χ1) is 8.61. The number of halogens is 2. The molecule has 0 spiro atoms. The van der Waals surface area contributed by atoms with Crippen molar-refractivity contribution in [1.29, 1.82) is 0 Å². The lowest BCUT2D eigenvalue weighted by Crippen LogP contribution is -2.30. The highest BCUT2D eigenvalue weighted by Crippen LogP contribution is 2.30. The monoisotopic (exact) mass is 285 g/mol. The van der Waals surface area contributed by atoms with E-state index >= 15 is 0 Å². The van der Waals surface area contributed by atoms with Crippen LogP contribution in [0.1, 0.15) is 17.3 Å². The number of hydrazine groups is 1. The molecule has 0 saturated carbocycles. The van der Waals surface area contributed by atoms with Gasteiger partial charge < -0.3 is 0 Å². The van der Waals surface area contributed by atoms with Crippen LogP contribution in [-0.4, -0.2) is 15.0 Å². The minimum atomic E-state index is -0.159. The van der Waals surface area contributed by atoms with E-state index in [2.05, 4.69) is 15.7 Å². The van der Waals surface area contributed by atoms with Crippen LogP contribution in [0, 0.1) is 0 Å². The van der Waals surface area contributed by atoms with Crippen LogP contribution in [0.4, 0.5) is 0 Å². The molecule has 5 nitrogen and oxygen atoms in total. The summed E-state index contributed by atoms with van der Waals surface area (Å²) in [6.07, 6.45) is 2.42. The van der Waals surface area contributed by atoms with Crippen molar-refractivity contribution in [3.8, 4) is 0 Å². The van der Waals surface area contributed by atoms with Crippen LogP contribution < -0.4 is 11.3 Å². The fourth-order valence-electron chi connectivity index (χ4n) is 1.75. The van der Waals surface area contributed by atoms with E-state index < -0.39 is 0 Å². The lowest BCUT2D eigenvalue weighted by molar-refractivity contribution is 0.545. The molecular weight excluding hydrogens is 273 g/mol. The number of rotatable bonds is 4. The largest absolute Gasteiger partial charge is 0.271 e. The summed E-state index contributed by atoms with van der Waals surface area (Å²) in [7, 11) is 1.81. The van der Waals surface area contributed by atoms with Crippen LogP contribution in [-0.2, 0) is 13.5 Å². The summed E-state index contributed by atoms with van der Waals surface area (Å²) in [5.74, 6) is 5.57. The van der Waals surface area contributed by atoms with Crippen LogP contribution in [0.15, 0.2) is 24.4 Å². The van der Waals surface area contributed by atoms with Gasteiger partial charge in [0.2, 0.25) is 0 Å². The number of hydrogen-bond acceptors (Lipinski definition) is 4. The van der Waals surface area contributed by atoms with E-state index in [1.165, 1.54) is 0 Å². The minimum Gasteiger partial charge on any atom is -0.271 e. The van der Waals surface area contributed by atoms with Crippen LogP contribution in [0.3, 0.4) is 0 Å². The van der Waals surface area contributed by atoms with Gasteiger partial charge in [-0.1, -0.05) is 40.5 Å². The fraction of sp³-hybridized carbons (Fsp3) is 0.273. The first kappa shape index (κ1) is 13.3. The van der Waals surface area contributed by atoms with Crippen molar-refractivity contribution in [3.63, 3.8) is 0 Å². The summed E-state index contributed by atoms with van der Waals surface area (Å²) < 4.78 is 1.64. The Balaban J connectivity index is 2.25. The normalized spacial score (nSPS) is 12.7. The quantitative estimate of drug-likeness (QED) is 0.665. The van der Waals surface area contributed by atoms with Gasteiger partial charge in [-0.05, 0) is 11.6 Å². The number of aryl methyl sites for hydroxylation is 1. The van der Waals surface area contributed by atoms with E-state index in [9.17, 15) is 0 Å². The Morgan fingerprint density at radius 2 is 2.22 bits per heavy atom. The number of nitrogens with one attached hydrogen (secondary N) is 1. The lowest BCUT2D eigenvalue weighted by atomic mass is 10.0. The third-order valence-corrected chi connectivity index (χ3v) is 3.45. The van der Waals surface area contributed by atoms with Crippen LogP contribution in [0.5, 0.6) is 0 Å². The van der Waals surface area contributed by atoms with Gasteiger partial charge in [0, 0.05) is 19.7 Å². The molecule has 1 heterocycles. The van der Waals surface area contributed by atoms with Crippen molar-refractivity contribution >= 4 is 23.2 Å². The van der Waals surface area contributed by atoms with E-state index in [1.807, 2.05) is 25.4 Å². The maximum atomic E-state index is 6.17. The molecule has 0 aliphatic heterocycles. The summed E-state index contributed by atoms with van der Waals surface area (Å²) in [4.78, 5) is 0. The number of nitrogens with two attached hydrogens (primary N) is 1. The summed E-state index contributed by atoms with van der Waals surface area (Å²) in [6, 6.07) is 5.30. The molecule has 0 saturated heterocycles. The lowest BCUT2D eigenvalue weighted by Gasteiger charge is -2.16. The molecule has 2 aromatic rings. The van der Waals surface area contributed by atoms with Gasteiger partial charge in [0.15, 0.2) is 0 Å². The van der Waals surface area contributed by atoms with Crippen molar-refractivity contribution in [2.45, 2.75) is 12.5 Å². The molecule has 0 aliphatic rings. The second-order valence-electron chi connectivity index (χ2n) is 3.95. The molecule has 0 amide bonds. The highest BCUT2D eigenvalue weighted by molar-refractivity contribution is 6.42. The Morgan fingerprint density at radius 1 is 1.44 bits per heavy atom. The molecule has 1 aromatic heterocycles. The molecule has 0 radical (unpaired) electrons. The Kier molecular flexibility index (Phi) is 4.19. The average Bonchev–Trinajstić information content (AvgIpc) is 2.76. The van der Waals surface area contributed by atoms with Crippen molar-refractivity contribution in [2.24, 2.45) is 12.9 Å². The van der Waals surface area contributed by atoms with Gasteiger partial charge >= 0.3 is 0 Å². The van der Waals surface area contributed by atoms with Crippen LogP contribution in [0.25, 0.3) is 0 Å². The molecule has 1 aromatic carbocycles. The highest BCUT2D eigenvalue weighted by atomic mass is 35.5. The summed E-state index contributed by atoms with van der Waals surface area (Å²) in [5.41, 5.74) is 4.40. The maximum absolute atomic E-state index is 6.17. The van der Waals surface area contributed by atoms with Crippen molar-refractivity contribution < 1.29 is 0 Å². The topological polar surface area (TPSA) is 68.8 Å².